The molecule has 4 nitrogen and oxygen atoms in total. The highest BCUT2D eigenvalue weighted by molar-refractivity contribution is 9.10. The fourth-order valence-electron chi connectivity index (χ4n) is 1.55. The Morgan fingerprint density at radius 3 is 2.81 bits per heavy atom. The number of rotatable bonds is 6. The van der Waals surface area contributed by atoms with Crippen molar-refractivity contribution in [1.29, 1.82) is 0 Å². The first kappa shape index (κ1) is 13.7. The number of hydrogen-bond acceptors (Lipinski definition) is 3. The molecule has 0 aliphatic carbocycles. The highest BCUT2D eigenvalue weighted by Gasteiger charge is 2.18. The summed E-state index contributed by atoms with van der Waals surface area (Å²) in [6.07, 6.45) is 1.77. The van der Waals surface area contributed by atoms with E-state index in [1.807, 2.05) is 25.5 Å². The molecule has 92 valence electrons. The average molecular weight is 291 g/mol. The van der Waals surface area contributed by atoms with E-state index in [-0.39, 0.29) is 6.04 Å². The van der Waals surface area contributed by atoms with Gasteiger partial charge in [0.2, 0.25) is 0 Å². The Balaban J connectivity index is 2.73. The molecule has 0 saturated carbocycles. The number of nitrogens with zero attached hydrogens (tertiary/aromatic N) is 2. The van der Waals surface area contributed by atoms with E-state index in [4.69, 9.17) is 4.74 Å². The van der Waals surface area contributed by atoms with Crippen molar-refractivity contribution in [2.75, 3.05) is 13.2 Å². The van der Waals surface area contributed by atoms with E-state index in [0.717, 1.165) is 10.2 Å². The van der Waals surface area contributed by atoms with Gasteiger partial charge in [-0.25, -0.2) is 0 Å². The van der Waals surface area contributed by atoms with Crippen LogP contribution >= 0.6 is 15.9 Å². The molecule has 0 spiro atoms. The first-order valence-electron chi connectivity index (χ1n) is 5.56. The topological polar surface area (TPSA) is 47.3 Å². The molecule has 16 heavy (non-hydrogen) atoms. The minimum Gasteiger partial charge on any atom is -0.387 e. The predicted octanol–water partition coefficient (Wildman–Crippen LogP) is 2.69. The van der Waals surface area contributed by atoms with E-state index in [1.165, 1.54) is 0 Å². The Bertz CT molecular complexity index is 326. The second-order valence-electron chi connectivity index (χ2n) is 3.92. The van der Waals surface area contributed by atoms with E-state index >= 15 is 0 Å². The summed E-state index contributed by atoms with van der Waals surface area (Å²) in [6.45, 7) is 7.27. The number of aromatic nitrogens is 2. The van der Waals surface area contributed by atoms with E-state index in [1.54, 1.807) is 6.20 Å². The van der Waals surface area contributed by atoms with Gasteiger partial charge in [-0.05, 0) is 36.7 Å². The lowest BCUT2D eigenvalue weighted by molar-refractivity contribution is 0.0831. The van der Waals surface area contributed by atoms with Gasteiger partial charge in [0.05, 0.1) is 22.5 Å². The molecular formula is C11H19BrN2O2. The molecule has 1 aromatic heterocycles. The highest BCUT2D eigenvalue weighted by atomic mass is 79.9. The van der Waals surface area contributed by atoms with Gasteiger partial charge in [-0.3, -0.25) is 4.68 Å². The van der Waals surface area contributed by atoms with Gasteiger partial charge in [0.1, 0.15) is 0 Å². The maximum Gasteiger partial charge on any atom is 0.0990 e. The maximum absolute atomic E-state index is 10.1. The number of ether oxygens (including phenoxy) is 1. The molecule has 0 radical (unpaired) electrons. The molecule has 1 N–H and O–H groups in total. The molecule has 0 saturated heterocycles. The lowest BCUT2D eigenvalue weighted by atomic mass is 10.2. The second kappa shape index (κ2) is 6.37. The quantitative estimate of drug-likeness (QED) is 0.820. The number of aliphatic hydroxyl groups is 1. The third-order valence-corrected chi connectivity index (χ3v) is 2.94. The zero-order chi connectivity index (χ0) is 12.1. The molecule has 0 fully saturated rings. The number of hydrogen-bond donors (Lipinski definition) is 1. The zero-order valence-electron chi connectivity index (χ0n) is 9.98. The van der Waals surface area contributed by atoms with Crippen LogP contribution < -0.4 is 0 Å². The Morgan fingerprint density at radius 2 is 2.25 bits per heavy atom. The van der Waals surface area contributed by atoms with Crippen LogP contribution in [-0.2, 0) is 4.74 Å². The van der Waals surface area contributed by atoms with Crippen molar-refractivity contribution in [1.82, 2.24) is 9.78 Å². The van der Waals surface area contributed by atoms with Gasteiger partial charge in [0, 0.05) is 25.7 Å². The van der Waals surface area contributed by atoms with Gasteiger partial charge < -0.3 is 9.84 Å². The Hall–Kier alpha value is -0.390. The standard InChI is InChI=1S/C11H19BrN2O2/c1-4-16-6-5-10(15)11-9(12)7-13-14(11)8(2)3/h7-8,10,15H,4-6H2,1-3H3. The summed E-state index contributed by atoms with van der Waals surface area (Å²) in [5.41, 5.74) is 0.828. The molecule has 1 atom stereocenters. The second-order valence-corrected chi connectivity index (χ2v) is 4.77. The van der Waals surface area contributed by atoms with Gasteiger partial charge in [-0.15, -0.1) is 0 Å². The zero-order valence-corrected chi connectivity index (χ0v) is 11.6. The van der Waals surface area contributed by atoms with Crippen LogP contribution in [0.15, 0.2) is 10.7 Å². The summed E-state index contributed by atoms with van der Waals surface area (Å²) in [7, 11) is 0. The van der Waals surface area contributed by atoms with Crippen LogP contribution in [0.4, 0.5) is 0 Å². The molecule has 0 amide bonds. The van der Waals surface area contributed by atoms with E-state index in [9.17, 15) is 5.11 Å². The summed E-state index contributed by atoms with van der Waals surface area (Å²) in [6, 6.07) is 0.239. The van der Waals surface area contributed by atoms with Crippen LogP contribution in [0.5, 0.6) is 0 Å². The molecule has 1 rings (SSSR count). The molecule has 1 aromatic rings. The lowest BCUT2D eigenvalue weighted by Crippen LogP contribution is -2.13. The number of aliphatic hydroxyl groups excluding tert-OH is 1. The van der Waals surface area contributed by atoms with Crippen molar-refractivity contribution >= 4 is 15.9 Å². The van der Waals surface area contributed by atoms with Crippen molar-refractivity contribution < 1.29 is 9.84 Å². The first-order valence-corrected chi connectivity index (χ1v) is 6.35. The molecule has 1 unspecified atom stereocenters. The smallest absolute Gasteiger partial charge is 0.0990 e. The van der Waals surface area contributed by atoms with Crippen molar-refractivity contribution in [2.24, 2.45) is 0 Å². The minimum atomic E-state index is -0.536. The van der Waals surface area contributed by atoms with Crippen molar-refractivity contribution in [3.63, 3.8) is 0 Å². The van der Waals surface area contributed by atoms with Gasteiger partial charge in [0.25, 0.3) is 0 Å². The van der Waals surface area contributed by atoms with E-state index in [2.05, 4.69) is 21.0 Å². The third-order valence-electron chi connectivity index (χ3n) is 2.33. The largest absolute Gasteiger partial charge is 0.387 e. The van der Waals surface area contributed by atoms with Crippen LogP contribution in [0, 0.1) is 0 Å². The van der Waals surface area contributed by atoms with Gasteiger partial charge in [-0.1, -0.05) is 0 Å². The Morgan fingerprint density at radius 1 is 1.56 bits per heavy atom. The van der Waals surface area contributed by atoms with Crippen LogP contribution in [-0.4, -0.2) is 28.1 Å². The monoisotopic (exact) mass is 290 g/mol. The summed E-state index contributed by atoms with van der Waals surface area (Å²) in [5, 5.41) is 14.3. The van der Waals surface area contributed by atoms with Crippen LogP contribution in [0.2, 0.25) is 0 Å². The van der Waals surface area contributed by atoms with Crippen LogP contribution in [0.25, 0.3) is 0 Å². The van der Waals surface area contributed by atoms with Gasteiger partial charge >= 0.3 is 0 Å². The van der Waals surface area contributed by atoms with E-state index < -0.39 is 6.10 Å². The molecule has 0 aromatic carbocycles. The minimum absolute atomic E-state index is 0.239. The molecule has 0 aliphatic heterocycles. The maximum atomic E-state index is 10.1. The van der Waals surface area contributed by atoms with Gasteiger partial charge in [0.15, 0.2) is 0 Å². The summed E-state index contributed by atoms with van der Waals surface area (Å²) >= 11 is 3.41. The number of halogens is 1. The predicted molar refractivity (Wildman–Crippen MR) is 66.4 cm³/mol. The molecule has 0 aliphatic rings. The molecule has 5 heteroatoms. The first-order chi connectivity index (χ1) is 7.57. The summed E-state index contributed by atoms with van der Waals surface area (Å²) in [5.74, 6) is 0. The summed E-state index contributed by atoms with van der Waals surface area (Å²) in [4.78, 5) is 0. The normalized spacial score (nSPS) is 13.4. The molecule has 0 bridgehead atoms. The average Bonchev–Trinajstić information content (AvgIpc) is 2.60. The molecular weight excluding hydrogens is 272 g/mol. The SMILES string of the molecule is CCOCCC(O)c1c(Br)cnn1C(C)C. The Labute approximate surface area is 105 Å². The molecule has 1 heterocycles. The third kappa shape index (κ3) is 3.30. The highest BCUT2D eigenvalue weighted by Crippen LogP contribution is 2.27. The van der Waals surface area contributed by atoms with Gasteiger partial charge in [-0.2, -0.15) is 5.10 Å². The lowest BCUT2D eigenvalue weighted by Gasteiger charge is -2.16. The van der Waals surface area contributed by atoms with Crippen molar-refractivity contribution in [3.8, 4) is 0 Å². The summed E-state index contributed by atoms with van der Waals surface area (Å²) < 4.78 is 7.92. The van der Waals surface area contributed by atoms with Crippen LogP contribution in [0.3, 0.4) is 0 Å². The van der Waals surface area contributed by atoms with E-state index in [0.29, 0.717) is 19.6 Å². The fourth-order valence-corrected chi connectivity index (χ4v) is 2.09. The Kier molecular flexibility index (Phi) is 5.44. The van der Waals surface area contributed by atoms with Crippen LogP contribution in [0.1, 0.15) is 45.0 Å². The van der Waals surface area contributed by atoms with Crippen molar-refractivity contribution in [2.45, 2.75) is 39.3 Å². The van der Waals surface area contributed by atoms with Crippen molar-refractivity contribution in [3.05, 3.63) is 16.4 Å². The fraction of sp³-hybridized carbons (Fsp3) is 0.727.